The molecule has 1 N–H and O–H groups in total. The van der Waals surface area contributed by atoms with E-state index in [1.165, 1.54) is 0 Å². The fraction of sp³-hybridized carbons (Fsp3) is 0.733. The number of aliphatic hydroxyl groups is 1. The Balaban J connectivity index is 1.78. The second kappa shape index (κ2) is 5.42. The molecule has 2 aliphatic rings. The van der Waals surface area contributed by atoms with Crippen molar-refractivity contribution in [2.75, 3.05) is 33.3 Å². The molecular formula is C15H23N3O3. The maximum Gasteiger partial charge on any atom is 0.276 e. The van der Waals surface area contributed by atoms with Gasteiger partial charge in [-0.3, -0.25) is 4.79 Å². The standard InChI is InChI=1S/C15H23N3O3/c1-11-8-12(16-21-11)14(20)18-7-5-15(10-19)4-3-6-17(2)13(15)9-18/h8,13,19H,3-7,9-10H2,1-2H3/t13-,15-/m1/s1. The number of carbonyl (C=O) groups excluding carboxylic acids is 1. The molecule has 0 radical (unpaired) electrons. The molecule has 1 aromatic rings. The van der Waals surface area contributed by atoms with Gasteiger partial charge >= 0.3 is 0 Å². The lowest BCUT2D eigenvalue weighted by Gasteiger charge is -2.53. The number of nitrogens with zero attached hydrogens (tertiary/aromatic N) is 3. The molecule has 116 valence electrons. The number of aryl methyl sites for hydroxylation is 1. The smallest absolute Gasteiger partial charge is 0.276 e. The summed E-state index contributed by atoms with van der Waals surface area (Å²) in [4.78, 5) is 16.6. The maximum absolute atomic E-state index is 12.5. The molecule has 0 aliphatic carbocycles. The molecule has 0 saturated carbocycles. The van der Waals surface area contributed by atoms with Crippen molar-refractivity contribution in [1.29, 1.82) is 0 Å². The third-order valence-electron chi connectivity index (χ3n) is 5.15. The van der Waals surface area contributed by atoms with Crippen LogP contribution in [0.1, 0.15) is 35.5 Å². The lowest BCUT2D eigenvalue weighted by molar-refractivity contribution is -0.0602. The predicted octanol–water partition coefficient (Wildman–Crippen LogP) is 0.902. The largest absolute Gasteiger partial charge is 0.396 e. The monoisotopic (exact) mass is 293 g/mol. The van der Waals surface area contributed by atoms with Crippen molar-refractivity contribution in [3.8, 4) is 0 Å². The number of aliphatic hydroxyl groups excluding tert-OH is 1. The number of fused-ring (bicyclic) bond motifs is 1. The first-order valence-electron chi connectivity index (χ1n) is 7.59. The van der Waals surface area contributed by atoms with Gasteiger partial charge in [0.05, 0.1) is 6.61 Å². The molecule has 21 heavy (non-hydrogen) atoms. The summed E-state index contributed by atoms with van der Waals surface area (Å²) in [6.45, 7) is 4.34. The molecule has 3 rings (SSSR count). The summed E-state index contributed by atoms with van der Waals surface area (Å²) < 4.78 is 5.00. The van der Waals surface area contributed by atoms with E-state index in [1.807, 2.05) is 4.90 Å². The molecule has 2 fully saturated rings. The Morgan fingerprint density at radius 3 is 3.00 bits per heavy atom. The van der Waals surface area contributed by atoms with Crippen LogP contribution in [0.25, 0.3) is 0 Å². The number of amides is 1. The van der Waals surface area contributed by atoms with Crippen LogP contribution in [0.4, 0.5) is 0 Å². The van der Waals surface area contributed by atoms with Gasteiger partial charge in [-0.05, 0) is 39.8 Å². The summed E-state index contributed by atoms with van der Waals surface area (Å²) >= 11 is 0. The van der Waals surface area contributed by atoms with Gasteiger partial charge in [-0.1, -0.05) is 5.16 Å². The number of likely N-dealkylation sites (tertiary alicyclic amines) is 2. The quantitative estimate of drug-likeness (QED) is 0.877. The minimum absolute atomic E-state index is 0.0521. The third-order valence-corrected chi connectivity index (χ3v) is 5.15. The fourth-order valence-corrected chi connectivity index (χ4v) is 3.83. The number of rotatable bonds is 2. The number of hydrogen-bond acceptors (Lipinski definition) is 5. The first kappa shape index (κ1) is 14.5. The van der Waals surface area contributed by atoms with Crippen LogP contribution in [0, 0.1) is 12.3 Å². The molecule has 0 unspecified atom stereocenters. The summed E-state index contributed by atoms with van der Waals surface area (Å²) in [7, 11) is 2.09. The molecular weight excluding hydrogens is 270 g/mol. The van der Waals surface area contributed by atoms with Gasteiger partial charge < -0.3 is 19.4 Å². The highest BCUT2D eigenvalue weighted by Crippen LogP contribution is 2.41. The third kappa shape index (κ3) is 2.46. The van der Waals surface area contributed by atoms with E-state index in [4.69, 9.17) is 4.52 Å². The molecule has 3 heterocycles. The first-order valence-corrected chi connectivity index (χ1v) is 7.59. The van der Waals surface area contributed by atoms with E-state index in [1.54, 1.807) is 13.0 Å². The SMILES string of the molecule is Cc1cc(C(=O)N2CC[C@@]3(CO)CCCN(C)[C@@H]3C2)no1. The average Bonchev–Trinajstić information content (AvgIpc) is 2.93. The molecule has 0 spiro atoms. The molecule has 1 aromatic heterocycles. The topological polar surface area (TPSA) is 69.8 Å². The van der Waals surface area contributed by atoms with E-state index in [-0.39, 0.29) is 24.0 Å². The van der Waals surface area contributed by atoms with Gasteiger partial charge in [-0.15, -0.1) is 0 Å². The van der Waals surface area contributed by atoms with Crippen LogP contribution in [0.3, 0.4) is 0 Å². The van der Waals surface area contributed by atoms with E-state index in [0.29, 0.717) is 24.5 Å². The van der Waals surface area contributed by atoms with Crippen LogP contribution in [0.2, 0.25) is 0 Å². The van der Waals surface area contributed by atoms with Crippen LogP contribution in [0.5, 0.6) is 0 Å². The average molecular weight is 293 g/mol. The van der Waals surface area contributed by atoms with Crippen molar-refractivity contribution < 1.29 is 14.4 Å². The first-order chi connectivity index (χ1) is 10.1. The zero-order valence-corrected chi connectivity index (χ0v) is 12.7. The zero-order valence-electron chi connectivity index (χ0n) is 12.7. The highest BCUT2D eigenvalue weighted by Gasteiger charge is 2.47. The van der Waals surface area contributed by atoms with Crippen molar-refractivity contribution in [3.63, 3.8) is 0 Å². The van der Waals surface area contributed by atoms with Crippen LogP contribution >= 0.6 is 0 Å². The molecule has 2 saturated heterocycles. The Hall–Kier alpha value is -1.40. The Kier molecular flexibility index (Phi) is 3.75. The number of aromatic nitrogens is 1. The lowest BCUT2D eigenvalue weighted by Crippen LogP contribution is -2.62. The van der Waals surface area contributed by atoms with Gasteiger partial charge in [0.15, 0.2) is 5.69 Å². The highest BCUT2D eigenvalue weighted by atomic mass is 16.5. The van der Waals surface area contributed by atoms with Gasteiger partial charge in [-0.25, -0.2) is 0 Å². The van der Waals surface area contributed by atoms with Crippen molar-refractivity contribution in [2.45, 2.75) is 32.2 Å². The summed E-state index contributed by atoms with van der Waals surface area (Å²) in [5.41, 5.74) is 0.325. The van der Waals surface area contributed by atoms with Gasteiger partial charge in [0.2, 0.25) is 0 Å². The predicted molar refractivity (Wildman–Crippen MR) is 76.9 cm³/mol. The van der Waals surface area contributed by atoms with E-state index in [9.17, 15) is 9.90 Å². The second-order valence-electron chi connectivity index (χ2n) is 6.44. The number of carbonyl (C=O) groups is 1. The van der Waals surface area contributed by atoms with Gasteiger partial charge in [0, 0.05) is 30.6 Å². The van der Waals surface area contributed by atoms with Crippen molar-refractivity contribution in [1.82, 2.24) is 15.0 Å². The Bertz CT molecular complexity index is 530. The summed E-state index contributed by atoms with van der Waals surface area (Å²) in [5, 5.41) is 13.7. The fourth-order valence-electron chi connectivity index (χ4n) is 3.83. The van der Waals surface area contributed by atoms with E-state index >= 15 is 0 Å². The molecule has 6 heteroatoms. The zero-order chi connectivity index (χ0) is 15.0. The Morgan fingerprint density at radius 1 is 1.52 bits per heavy atom. The van der Waals surface area contributed by atoms with E-state index in [0.717, 1.165) is 25.8 Å². The summed E-state index contributed by atoms with van der Waals surface area (Å²) in [5.74, 6) is 0.576. The van der Waals surface area contributed by atoms with E-state index < -0.39 is 0 Å². The Morgan fingerprint density at radius 2 is 2.33 bits per heavy atom. The summed E-state index contributed by atoms with van der Waals surface area (Å²) in [6, 6.07) is 1.91. The molecule has 2 atom stereocenters. The molecule has 2 aliphatic heterocycles. The van der Waals surface area contributed by atoms with Gasteiger partial charge in [-0.2, -0.15) is 0 Å². The maximum atomic E-state index is 12.5. The van der Waals surface area contributed by atoms with Gasteiger partial charge in [0.1, 0.15) is 5.76 Å². The molecule has 0 bridgehead atoms. The van der Waals surface area contributed by atoms with Crippen molar-refractivity contribution in [2.24, 2.45) is 5.41 Å². The van der Waals surface area contributed by atoms with Crippen LogP contribution < -0.4 is 0 Å². The van der Waals surface area contributed by atoms with Crippen molar-refractivity contribution >= 4 is 5.91 Å². The van der Waals surface area contributed by atoms with Crippen LogP contribution in [0.15, 0.2) is 10.6 Å². The number of hydrogen-bond donors (Lipinski definition) is 1. The van der Waals surface area contributed by atoms with Crippen LogP contribution in [-0.4, -0.2) is 65.3 Å². The van der Waals surface area contributed by atoms with Crippen LogP contribution in [-0.2, 0) is 0 Å². The Labute approximate surface area is 124 Å². The normalized spacial score (nSPS) is 30.2. The minimum atomic E-state index is -0.0719. The minimum Gasteiger partial charge on any atom is -0.396 e. The van der Waals surface area contributed by atoms with Gasteiger partial charge in [0.25, 0.3) is 5.91 Å². The van der Waals surface area contributed by atoms with Crippen molar-refractivity contribution in [3.05, 3.63) is 17.5 Å². The highest BCUT2D eigenvalue weighted by molar-refractivity contribution is 5.92. The number of likely N-dealkylation sites (N-methyl/N-ethyl adjacent to an activating group) is 1. The molecule has 6 nitrogen and oxygen atoms in total. The summed E-state index contributed by atoms with van der Waals surface area (Å²) in [6.07, 6.45) is 3.01. The molecule has 1 amide bonds. The number of piperidine rings is 2. The lowest BCUT2D eigenvalue weighted by atomic mass is 9.69. The van der Waals surface area contributed by atoms with E-state index in [2.05, 4.69) is 17.1 Å². The molecule has 0 aromatic carbocycles. The second-order valence-corrected chi connectivity index (χ2v) is 6.44.